The Morgan fingerprint density at radius 2 is 2.15 bits per heavy atom. The Balaban J connectivity index is 2.95. The average molecular weight is 286 g/mol. The first kappa shape index (κ1) is 16.4. The molecule has 0 aliphatic rings. The third-order valence-electron chi connectivity index (χ3n) is 2.97. The Kier molecular flexibility index (Phi) is 5.48. The molecule has 9 nitrogen and oxygen atoms in total. The first-order chi connectivity index (χ1) is 9.37. The molecule has 1 rings (SSSR count). The molecule has 3 unspecified atom stereocenters. The van der Waals surface area contributed by atoms with Crippen LogP contribution in [0.5, 0.6) is 0 Å². The lowest BCUT2D eigenvalue weighted by Gasteiger charge is -2.30. The van der Waals surface area contributed by atoms with Crippen molar-refractivity contribution in [1.29, 1.82) is 0 Å². The second-order valence-corrected chi connectivity index (χ2v) is 4.34. The highest BCUT2D eigenvalue weighted by molar-refractivity contribution is 6.13. The number of nitrogens with zero attached hydrogens (tertiary/aromatic N) is 1. The second kappa shape index (κ2) is 6.68. The summed E-state index contributed by atoms with van der Waals surface area (Å²) < 4.78 is 0. The number of hydrogen-bond acceptors (Lipinski definition) is 8. The monoisotopic (exact) mass is 286 g/mol. The number of ketones is 2. The van der Waals surface area contributed by atoms with Crippen molar-refractivity contribution in [1.82, 2.24) is 9.97 Å². The molecule has 0 aromatic carbocycles. The first-order valence-corrected chi connectivity index (χ1v) is 5.89. The third-order valence-corrected chi connectivity index (χ3v) is 2.97. The maximum atomic E-state index is 12.1. The number of H-pyrrole nitrogens is 1. The van der Waals surface area contributed by atoms with Gasteiger partial charge in [0.05, 0.1) is 25.5 Å². The number of carbonyl (C=O) groups excluding carboxylic acids is 2. The van der Waals surface area contributed by atoms with Gasteiger partial charge in [0.2, 0.25) is 5.60 Å². The summed E-state index contributed by atoms with van der Waals surface area (Å²) in [5, 5.41) is 28.6. The second-order valence-electron chi connectivity index (χ2n) is 4.34. The zero-order valence-corrected chi connectivity index (χ0v) is 10.7. The molecule has 0 radical (unpaired) electrons. The van der Waals surface area contributed by atoms with Crippen LogP contribution in [0.15, 0.2) is 12.5 Å². The van der Waals surface area contributed by atoms with Crippen LogP contribution in [-0.2, 0) is 16.0 Å². The lowest BCUT2D eigenvalue weighted by Crippen LogP contribution is -2.63. The molecule has 0 spiro atoms. The fraction of sp³-hybridized carbons (Fsp3) is 0.545. The molecule has 1 aromatic rings. The van der Waals surface area contributed by atoms with Crippen molar-refractivity contribution in [3.8, 4) is 0 Å². The van der Waals surface area contributed by atoms with Crippen LogP contribution in [-0.4, -0.2) is 67.8 Å². The maximum absolute atomic E-state index is 12.1. The molecule has 112 valence electrons. The topological polar surface area (TPSA) is 176 Å². The molecule has 0 aliphatic heterocycles. The van der Waals surface area contributed by atoms with Crippen molar-refractivity contribution in [3.63, 3.8) is 0 Å². The zero-order valence-electron chi connectivity index (χ0n) is 10.7. The van der Waals surface area contributed by atoms with Gasteiger partial charge < -0.3 is 31.8 Å². The van der Waals surface area contributed by atoms with Crippen molar-refractivity contribution in [3.05, 3.63) is 18.2 Å². The minimum atomic E-state index is -2.82. The molecular weight excluding hydrogens is 268 g/mol. The predicted octanol–water partition coefficient (Wildman–Crippen LogP) is -3.54. The van der Waals surface area contributed by atoms with Gasteiger partial charge >= 0.3 is 0 Å². The number of Topliss-reactive ketones (excluding diaryl/α,β-unsaturated/α-hetero) is 2. The van der Waals surface area contributed by atoms with Crippen molar-refractivity contribution >= 4 is 11.6 Å². The van der Waals surface area contributed by atoms with Crippen LogP contribution in [0.4, 0.5) is 0 Å². The van der Waals surface area contributed by atoms with E-state index in [2.05, 4.69) is 9.97 Å². The highest BCUT2D eigenvalue weighted by Gasteiger charge is 2.50. The number of aliphatic hydroxyl groups is 3. The van der Waals surface area contributed by atoms with Gasteiger partial charge in [-0.15, -0.1) is 0 Å². The van der Waals surface area contributed by atoms with Gasteiger partial charge in [-0.3, -0.25) is 9.59 Å². The summed E-state index contributed by atoms with van der Waals surface area (Å²) in [5.41, 5.74) is 8.45. The third kappa shape index (κ3) is 3.08. The lowest BCUT2D eigenvalue weighted by molar-refractivity contribution is -0.166. The van der Waals surface area contributed by atoms with Crippen LogP contribution in [0, 0.1) is 0 Å². The van der Waals surface area contributed by atoms with E-state index in [0.29, 0.717) is 5.69 Å². The molecule has 0 saturated heterocycles. The van der Waals surface area contributed by atoms with E-state index in [1.54, 1.807) is 0 Å². The number of imidazole rings is 1. The molecule has 0 saturated carbocycles. The Morgan fingerprint density at radius 3 is 2.60 bits per heavy atom. The summed E-state index contributed by atoms with van der Waals surface area (Å²) in [6.45, 7) is -1.65. The normalized spacial score (nSPS) is 17.2. The molecule has 8 N–H and O–H groups in total. The number of aliphatic hydroxyl groups excluding tert-OH is 2. The predicted molar refractivity (Wildman–Crippen MR) is 67.4 cm³/mol. The number of carbonyl (C=O) groups is 2. The Morgan fingerprint density at radius 1 is 1.50 bits per heavy atom. The molecule has 3 atom stereocenters. The van der Waals surface area contributed by atoms with Crippen molar-refractivity contribution in [2.24, 2.45) is 11.5 Å². The Hall–Kier alpha value is -1.65. The van der Waals surface area contributed by atoms with Crippen LogP contribution in [0.1, 0.15) is 5.69 Å². The van der Waals surface area contributed by atoms with Crippen molar-refractivity contribution < 1.29 is 24.9 Å². The molecule has 0 bridgehead atoms. The fourth-order valence-electron chi connectivity index (χ4n) is 1.78. The number of rotatable bonds is 8. The van der Waals surface area contributed by atoms with E-state index >= 15 is 0 Å². The molecule has 0 aliphatic carbocycles. The molecule has 0 fully saturated rings. The Labute approximate surface area is 114 Å². The zero-order chi connectivity index (χ0) is 15.3. The molecular formula is C11H18N4O5. The van der Waals surface area contributed by atoms with Gasteiger partial charge in [-0.1, -0.05) is 0 Å². The standard InChI is InChI=1S/C11H18N4O5/c12-2-8(17)11(20,9(18)4-16)10(19)7(13)1-6-3-14-5-15-6/h3,5,7,9,16,18,20H,1-2,4,12-13H2,(H,14,15). The summed E-state index contributed by atoms with van der Waals surface area (Å²) in [7, 11) is 0. The summed E-state index contributed by atoms with van der Waals surface area (Å²) in [6, 6.07) is -1.27. The minimum Gasteiger partial charge on any atom is -0.394 e. The highest BCUT2D eigenvalue weighted by atomic mass is 16.4. The number of nitrogens with one attached hydrogen (secondary N) is 1. The van der Waals surface area contributed by atoms with Crippen molar-refractivity contribution in [2.75, 3.05) is 13.2 Å². The average Bonchev–Trinajstić information content (AvgIpc) is 2.96. The van der Waals surface area contributed by atoms with Gasteiger partial charge in [0, 0.05) is 18.3 Å². The van der Waals surface area contributed by atoms with Crippen LogP contribution in [0.2, 0.25) is 0 Å². The molecule has 0 amide bonds. The summed E-state index contributed by atoms with van der Waals surface area (Å²) in [6.07, 6.45) is 0.807. The SMILES string of the molecule is NCC(=O)C(O)(C(=O)C(N)Cc1cnc[nH]1)C(O)CO. The number of aromatic amines is 1. The van der Waals surface area contributed by atoms with E-state index in [1.165, 1.54) is 12.5 Å². The fourth-order valence-corrected chi connectivity index (χ4v) is 1.78. The first-order valence-electron chi connectivity index (χ1n) is 5.89. The Bertz CT molecular complexity index is 463. The van der Waals surface area contributed by atoms with E-state index in [9.17, 15) is 19.8 Å². The van der Waals surface area contributed by atoms with E-state index in [0.717, 1.165) is 0 Å². The maximum Gasteiger partial charge on any atom is 0.212 e. The van der Waals surface area contributed by atoms with E-state index < -0.39 is 42.5 Å². The van der Waals surface area contributed by atoms with E-state index in [-0.39, 0.29) is 6.42 Å². The van der Waals surface area contributed by atoms with Crippen LogP contribution in [0.25, 0.3) is 0 Å². The quantitative estimate of drug-likeness (QED) is 0.266. The number of hydrogen-bond donors (Lipinski definition) is 6. The summed E-state index contributed by atoms with van der Waals surface area (Å²) >= 11 is 0. The van der Waals surface area contributed by atoms with Gasteiger partial charge in [0.1, 0.15) is 6.10 Å². The van der Waals surface area contributed by atoms with Gasteiger partial charge in [0.15, 0.2) is 11.6 Å². The smallest absolute Gasteiger partial charge is 0.212 e. The van der Waals surface area contributed by atoms with Crippen LogP contribution in [0.3, 0.4) is 0 Å². The van der Waals surface area contributed by atoms with Crippen LogP contribution < -0.4 is 11.5 Å². The van der Waals surface area contributed by atoms with Gasteiger partial charge in [0.25, 0.3) is 0 Å². The van der Waals surface area contributed by atoms with E-state index in [4.69, 9.17) is 16.6 Å². The summed E-state index contributed by atoms with van der Waals surface area (Å²) in [4.78, 5) is 30.2. The van der Waals surface area contributed by atoms with E-state index in [1.807, 2.05) is 0 Å². The van der Waals surface area contributed by atoms with Crippen molar-refractivity contribution in [2.45, 2.75) is 24.2 Å². The minimum absolute atomic E-state index is 0.0167. The van der Waals surface area contributed by atoms with Gasteiger partial charge in [-0.05, 0) is 0 Å². The van der Waals surface area contributed by atoms with Gasteiger partial charge in [-0.25, -0.2) is 4.98 Å². The van der Waals surface area contributed by atoms with Crippen LogP contribution >= 0.6 is 0 Å². The summed E-state index contributed by atoms with van der Waals surface area (Å²) in [5.74, 6) is -2.21. The van der Waals surface area contributed by atoms with Gasteiger partial charge in [-0.2, -0.15) is 0 Å². The highest BCUT2D eigenvalue weighted by Crippen LogP contribution is 2.17. The molecule has 1 aromatic heterocycles. The molecule has 9 heteroatoms. The largest absolute Gasteiger partial charge is 0.394 e. The number of nitrogens with two attached hydrogens (primary N) is 2. The lowest BCUT2D eigenvalue weighted by atomic mass is 9.83. The molecule has 1 heterocycles. The molecule has 20 heavy (non-hydrogen) atoms. The number of aromatic nitrogens is 2.